The fraction of sp³-hybridized carbons (Fsp3) is 0.500. The Balaban J connectivity index is 3.46. The standard InChI is InChI=1S/C14H20ClNO2/c1-7(17)6-11(16)12-10(4)13(15)8(2)9(3)14(12)18-5/h11H,6,16H2,1-5H3. The Morgan fingerprint density at radius 3 is 2.28 bits per heavy atom. The molecule has 1 rings (SSSR count). The molecule has 0 aliphatic heterocycles. The van der Waals surface area contributed by atoms with Crippen molar-refractivity contribution in [2.75, 3.05) is 7.11 Å². The van der Waals surface area contributed by atoms with Gasteiger partial charge in [-0.05, 0) is 44.4 Å². The van der Waals surface area contributed by atoms with Gasteiger partial charge in [-0.25, -0.2) is 0 Å². The Morgan fingerprint density at radius 1 is 1.28 bits per heavy atom. The van der Waals surface area contributed by atoms with Crippen molar-refractivity contribution in [3.63, 3.8) is 0 Å². The van der Waals surface area contributed by atoms with Crippen LogP contribution in [0.25, 0.3) is 0 Å². The van der Waals surface area contributed by atoms with E-state index in [-0.39, 0.29) is 18.2 Å². The molecule has 0 aliphatic carbocycles. The van der Waals surface area contributed by atoms with Gasteiger partial charge in [-0.15, -0.1) is 0 Å². The zero-order valence-electron chi connectivity index (χ0n) is 11.6. The van der Waals surface area contributed by atoms with E-state index in [1.807, 2.05) is 20.8 Å². The molecule has 18 heavy (non-hydrogen) atoms. The number of hydrogen-bond donors (Lipinski definition) is 1. The van der Waals surface area contributed by atoms with E-state index in [9.17, 15) is 4.79 Å². The van der Waals surface area contributed by atoms with E-state index in [2.05, 4.69) is 0 Å². The highest BCUT2D eigenvalue weighted by Crippen LogP contribution is 2.39. The quantitative estimate of drug-likeness (QED) is 0.913. The lowest BCUT2D eigenvalue weighted by molar-refractivity contribution is -0.117. The largest absolute Gasteiger partial charge is 0.496 e. The fourth-order valence-electron chi connectivity index (χ4n) is 2.23. The minimum absolute atomic E-state index is 0.0540. The Labute approximate surface area is 113 Å². The molecule has 1 unspecified atom stereocenters. The highest BCUT2D eigenvalue weighted by atomic mass is 35.5. The number of ether oxygens (including phenoxy) is 1. The summed E-state index contributed by atoms with van der Waals surface area (Å²) in [7, 11) is 1.61. The van der Waals surface area contributed by atoms with Crippen LogP contribution in [-0.2, 0) is 4.79 Å². The average molecular weight is 270 g/mol. The fourth-order valence-corrected chi connectivity index (χ4v) is 2.47. The summed E-state index contributed by atoms with van der Waals surface area (Å²) in [5.74, 6) is 0.793. The summed E-state index contributed by atoms with van der Waals surface area (Å²) in [5, 5.41) is 0.697. The number of carbonyl (C=O) groups is 1. The van der Waals surface area contributed by atoms with Crippen LogP contribution in [0, 0.1) is 20.8 Å². The first-order valence-corrected chi connectivity index (χ1v) is 6.27. The second-order valence-corrected chi connectivity index (χ2v) is 5.03. The molecule has 2 N–H and O–H groups in total. The Hall–Kier alpha value is -1.06. The molecular formula is C14H20ClNO2. The molecule has 1 aromatic carbocycles. The summed E-state index contributed by atoms with van der Waals surface area (Å²) in [4.78, 5) is 11.2. The lowest BCUT2D eigenvalue weighted by Crippen LogP contribution is -2.17. The van der Waals surface area contributed by atoms with Gasteiger partial charge in [0.1, 0.15) is 11.5 Å². The highest BCUT2D eigenvalue weighted by Gasteiger charge is 2.22. The predicted molar refractivity (Wildman–Crippen MR) is 74.4 cm³/mol. The third-order valence-electron chi connectivity index (χ3n) is 3.29. The minimum atomic E-state index is -0.380. The Morgan fingerprint density at radius 2 is 1.83 bits per heavy atom. The number of methoxy groups -OCH3 is 1. The van der Waals surface area contributed by atoms with Gasteiger partial charge in [0, 0.05) is 23.0 Å². The lowest BCUT2D eigenvalue weighted by Gasteiger charge is -2.22. The van der Waals surface area contributed by atoms with E-state index in [1.54, 1.807) is 7.11 Å². The van der Waals surface area contributed by atoms with Crippen LogP contribution in [0.1, 0.15) is 41.6 Å². The molecule has 0 radical (unpaired) electrons. The van der Waals surface area contributed by atoms with Crippen molar-refractivity contribution in [1.82, 2.24) is 0 Å². The number of Topliss-reactive ketones (excluding diaryl/α,β-unsaturated/α-hetero) is 1. The van der Waals surface area contributed by atoms with E-state index in [0.29, 0.717) is 5.02 Å². The lowest BCUT2D eigenvalue weighted by atomic mass is 9.92. The van der Waals surface area contributed by atoms with Crippen molar-refractivity contribution in [1.29, 1.82) is 0 Å². The molecule has 3 nitrogen and oxygen atoms in total. The first-order chi connectivity index (χ1) is 8.31. The van der Waals surface area contributed by atoms with Crippen LogP contribution in [0.5, 0.6) is 5.75 Å². The van der Waals surface area contributed by atoms with Gasteiger partial charge >= 0.3 is 0 Å². The Kier molecular flexibility index (Phi) is 4.77. The smallest absolute Gasteiger partial charge is 0.131 e. The summed E-state index contributed by atoms with van der Waals surface area (Å²) in [6, 6.07) is -0.380. The van der Waals surface area contributed by atoms with Gasteiger partial charge in [0.25, 0.3) is 0 Å². The Bertz CT molecular complexity index is 483. The van der Waals surface area contributed by atoms with Crippen LogP contribution in [0.3, 0.4) is 0 Å². The third-order valence-corrected chi connectivity index (χ3v) is 3.86. The van der Waals surface area contributed by atoms with E-state index >= 15 is 0 Å². The van der Waals surface area contributed by atoms with Crippen molar-refractivity contribution in [2.45, 2.75) is 40.2 Å². The molecule has 0 saturated heterocycles. The maximum atomic E-state index is 11.2. The van der Waals surface area contributed by atoms with Crippen molar-refractivity contribution < 1.29 is 9.53 Å². The summed E-state index contributed by atoms with van der Waals surface area (Å²) in [6.45, 7) is 7.34. The van der Waals surface area contributed by atoms with Crippen molar-refractivity contribution in [2.24, 2.45) is 5.73 Å². The van der Waals surface area contributed by atoms with Crippen LogP contribution < -0.4 is 10.5 Å². The summed E-state index contributed by atoms with van der Waals surface area (Å²) < 4.78 is 5.45. The molecule has 0 aromatic heterocycles. The monoisotopic (exact) mass is 269 g/mol. The number of benzene rings is 1. The second kappa shape index (κ2) is 5.72. The first kappa shape index (κ1) is 15.0. The van der Waals surface area contributed by atoms with E-state index in [0.717, 1.165) is 28.0 Å². The van der Waals surface area contributed by atoms with Gasteiger partial charge in [0.15, 0.2) is 0 Å². The molecule has 0 fully saturated rings. The van der Waals surface area contributed by atoms with Crippen LogP contribution in [0.2, 0.25) is 5.02 Å². The summed E-state index contributed by atoms with van der Waals surface area (Å²) >= 11 is 6.30. The van der Waals surface area contributed by atoms with Gasteiger partial charge in [-0.2, -0.15) is 0 Å². The topological polar surface area (TPSA) is 52.3 Å². The zero-order valence-corrected chi connectivity index (χ0v) is 12.3. The maximum absolute atomic E-state index is 11.2. The molecule has 100 valence electrons. The van der Waals surface area contributed by atoms with E-state index < -0.39 is 0 Å². The molecule has 0 aliphatic rings. The molecule has 1 atom stereocenters. The molecule has 0 heterocycles. The number of hydrogen-bond acceptors (Lipinski definition) is 3. The number of carbonyl (C=O) groups excluding carboxylic acids is 1. The van der Waals surface area contributed by atoms with Crippen molar-refractivity contribution in [3.05, 3.63) is 27.3 Å². The molecule has 4 heteroatoms. The number of rotatable bonds is 4. The molecular weight excluding hydrogens is 250 g/mol. The summed E-state index contributed by atoms with van der Waals surface area (Å²) in [6.07, 6.45) is 0.288. The van der Waals surface area contributed by atoms with Gasteiger partial charge in [0.2, 0.25) is 0 Å². The van der Waals surface area contributed by atoms with Crippen LogP contribution in [-0.4, -0.2) is 12.9 Å². The molecule has 0 spiro atoms. The molecule has 0 saturated carbocycles. The third kappa shape index (κ3) is 2.68. The van der Waals surface area contributed by atoms with Crippen LogP contribution >= 0.6 is 11.6 Å². The summed E-state index contributed by atoms with van der Waals surface area (Å²) in [5.41, 5.74) is 9.79. The van der Waals surface area contributed by atoms with Crippen LogP contribution in [0.15, 0.2) is 0 Å². The SMILES string of the molecule is COc1c(C)c(C)c(Cl)c(C)c1C(N)CC(C)=O. The second-order valence-electron chi connectivity index (χ2n) is 4.65. The molecule has 0 amide bonds. The maximum Gasteiger partial charge on any atom is 0.131 e. The molecule has 1 aromatic rings. The minimum Gasteiger partial charge on any atom is -0.496 e. The van der Waals surface area contributed by atoms with Crippen molar-refractivity contribution in [3.8, 4) is 5.75 Å². The van der Waals surface area contributed by atoms with Crippen molar-refractivity contribution >= 4 is 17.4 Å². The highest BCUT2D eigenvalue weighted by molar-refractivity contribution is 6.32. The van der Waals surface area contributed by atoms with Gasteiger partial charge < -0.3 is 10.5 Å². The predicted octanol–water partition coefficient (Wildman–Crippen LogP) is 3.25. The van der Waals surface area contributed by atoms with Crippen LogP contribution in [0.4, 0.5) is 0 Å². The van der Waals surface area contributed by atoms with Gasteiger partial charge in [-0.3, -0.25) is 4.79 Å². The number of nitrogens with two attached hydrogens (primary N) is 1. The molecule has 0 bridgehead atoms. The van der Waals surface area contributed by atoms with E-state index in [4.69, 9.17) is 22.1 Å². The first-order valence-electron chi connectivity index (χ1n) is 5.89. The number of ketones is 1. The van der Waals surface area contributed by atoms with Gasteiger partial charge in [-0.1, -0.05) is 11.6 Å². The van der Waals surface area contributed by atoms with E-state index in [1.165, 1.54) is 6.92 Å². The zero-order chi connectivity index (χ0) is 14.0. The number of halogens is 1. The van der Waals surface area contributed by atoms with Gasteiger partial charge in [0.05, 0.1) is 7.11 Å². The normalized spacial score (nSPS) is 12.4. The average Bonchev–Trinajstić information content (AvgIpc) is 2.29.